The third-order valence-electron chi connectivity index (χ3n) is 4.57. The number of piperidine rings is 1. The summed E-state index contributed by atoms with van der Waals surface area (Å²) in [6.45, 7) is 5.15. The van der Waals surface area contributed by atoms with E-state index in [-0.39, 0.29) is 6.42 Å². The monoisotopic (exact) mass is 318 g/mol. The van der Waals surface area contributed by atoms with Crippen molar-refractivity contribution in [3.8, 4) is 0 Å². The van der Waals surface area contributed by atoms with Gasteiger partial charge < -0.3 is 5.11 Å². The zero-order valence-electron chi connectivity index (χ0n) is 12.8. The molecule has 2 unspecified atom stereocenters. The van der Waals surface area contributed by atoms with Crippen LogP contribution in [0.15, 0.2) is 0 Å². The fraction of sp³-hybridized carbons (Fsp3) is 0.929. The topological polar surface area (TPSA) is 86.7 Å². The van der Waals surface area contributed by atoms with Crippen molar-refractivity contribution in [1.82, 2.24) is 9.03 Å². The SMILES string of the molecule is CC1CC(C)CN(S(=O)(=O)NC2(CC(=O)O)CCCC2)C1. The maximum atomic E-state index is 12.6. The zero-order valence-corrected chi connectivity index (χ0v) is 13.7. The van der Waals surface area contributed by atoms with Crippen LogP contribution in [-0.2, 0) is 15.0 Å². The van der Waals surface area contributed by atoms with Gasteiger partial charge in [0.15, 0.2) is 0 Å². The molecule has 0 amide bonds. The van der Waals surface area contributed by atoms with Crippen molar-refractivity contribution in [1.29, 1.82) is 0 Å². The molecule has 2 N–H and O–H groups in total. The summed E-state index contributed by atoms with van der Waals surface area (Å²) in [5.74, 6) is -0.270. The van der Waals surface area contributed by atoms with Crippen LogP contribution in [0.4, 0.5) is 0 Å². The quantitative estimate of drug-likeness (QED) is 0.806. The van der Waals surface area contributed by atoms with Crippen LogP contribution in [0, 0.1) is 11.8 Å². The molecule has 0 aromatic carbocycles. The van der Waals surface area contributed by atoms with Crippen LogP contribution < -0.4 is 4.72 Å². The number of rotatable bonds is 5. The molecule has 1 aliphatic carbocycles. The molecule has 2 rings (SSSR count). The highest BCUT2D eigenvalue weighted by molar-refractivity contribution is 7.87. The summed E-state index contributed by atoms with van der Waals surface area (Å²) in [4.78, 5) is 11.1. The Labute approximate surface area is 127 Å². The van der Waals surface area contributed by atoms with Gasteiger partial charge in [0.25, 0.3) is 10.2 Å². The number of hydrogen-bond donors (Lipinski definition) is 2. The van der Waals surface area contributed by atoms with E-state index in [2.05, 4.69) is 18.6 Å². The Morgan fingerprint density at radius 3 is 2.24 bits per heavy atom. The number of hydrogen-bond acceptors (Lipinski definition) is 3. The van der Waals surface area contributed by atoms with Gasteiger partial charge in [-0.2, -0.15) is 17.4 Å². The van der Waals surface area contributed by atoms with E-state index in [1.807, 2.05) is 0 Å². The lowest BCUT2D eigenvalue weighted by molar-refractivity contribution is -0.138. The van der Waals surface area contributed by atoms with E-state index in [9.17, 15) is 13.2 Å². The Kier molecular flexibility index (Phi) is 4.95. The molecule has 2 fully saturated rings. The molecule has 0 spiro atoms. The number of carboxylic acids is 1. The van der Waals surface area contributed by atoms with Gasteiger partial charge in [-0.15, -0.1) is 0 Å². The highest BCUT2D eigenvalue weighted by Gasteiger charge is 2.42. The van der Waals surface area contributed by atoms with Crippen molar-refractivity contribution in [2.75, 3.05) is 13.1 Å². The fourth-order valence-electron chi connectivity index (χ4n) is 3.80. The van der Waals surface area contributed by atoms with Crippen molar-refractivity contribution in [3.05, 3.63) is 0 Å². The predicted octanol–water partition coefficient (Wildman–Crippen LogP) is 1.59. The van der Waals surface area contributed by atoms with Crippen LogP contribution in [0.2, 0.25) is 0 Å². The molecule has 7 heteroatoms. The summed E-state index contributed by atoms with van der Waals surface area (Å²) < 4.78 is 29.5. The summed E-state index contributed by atoms with van der Waals surface area (Å²) >= 11 is 0. The molecule has 21 heavy (non-hydrogen) atoms. The Hall–Kier alpha value is -0.660. The molecule has 1 saturated heterocycles. The maximum Gasteiger partial charge on any atom is 0.305 e. The van der Waals surface area contributed by atoms with E-state index in [4.69, 9.17) is 5.11 Å². The lowest BCUT2D eigenvalue weighted by Crippen LogP contribution is -2.55. The molecule has 1 heterocycles. The lowest BCUT2D eigenvalue weighted by atomic mass is 9.94. The van der Waals surface area contributed by atoms with Crippen LogP contribution >= 0.6 is 0 Å². The van der Waals surface area contributed by atoms with Gasteiger partial charge in [-0.25, -0.2) is 0 Å². The minimum absolute atomic E-state index is 0.134. The van der Waals surface area contributed by atoms with Crippen molar-refractivity contribution in [2.24, 2.45) is 11.8 Å². The molecule has 2 atom stereocenters. The summed E-state index contributed by atoms with van der Waals surface area (Å²) in [7, 11) is -3.62. The maximum absolute atomic E-state index is 12.6. The van der Waals surface area contributed by atoms with E-state index in [0.29, 0.717) is 37.8 Å². The Morgan fingerprint density at radius 2 is 1.76 bits per heavy atom. The third-order valence-corrected chi connectivity index (χ3v) is 6.24. The van der Waals surface area contributed by atoms with Crippen LogP contribution in [0.25, 0.3) is 0 Å². The van der Waals surface area contributed by atoms with Crippen LogP contribution in [0.5, 0.6) is 0 Å². The Bertz CT molecular complexity index is 475. The van der Waals surface area contributed by atoms with E-state index >= 15 is 0 Å². The first-order valence-electron chi connectivity index (χ1n) is 7.73. The molecule has 1 aliphatic heterocycles. The Morgan fingerprint density at radius 1 is 1.24 bits per heavy atom. The molecular weight excluding hydrogens is 292 g/mol. The van der Waals surface area contributed by atoms with Crippen molar-refractivity contribution >= 4 is 16.2 Å². The number of nitrogens with zero attached hydrogens (tertiary/aromatic N) is 1. The van der Waals surface area contributed by atoms with Gasteiger partial charge in [0.2, 0.25) is 0 Å². The summed E-state index contributed by atoms with van der Waals surface area (Å²) in [6, 6.07) is 0. The van der Waals surface area contributed by atoms with Gasteiger partial charge in [0, 0.05) is 18.6 Å². The van der Waals surface area contributed by atoms with Crippen molar-refractivity contribution in [3.63, 3.8) is 0 Å². The highest BCUT2D eigenvalue weighted by atomic mass is 32.2. The summed E-state index contributed by atoms with van der Waals surface area (Å²) in [6.07, 6.45) is 3.87. The van der Waals surface area contributed by atoms with E-state index < -0.39 is 21.7 Å². The molecule has 0 bridgehead atoms. The normalized spacial score (nSPS) is 30.4. The van der Waals surface area contributed by atoms with E-state index in [1.54, 1.807) is 0 Å². The first-order chi connectivity index (χ1) is 9.72. The van der Waals surface area contributed by atoms with E-state index in [1.165, 1.54) is 4.31 Å². The third kappa shape index (κ3) is 4.17. The average Bonchev–Trinajstić information content (AvgIpc) is 2.74. The van der Waals surface area contributed by atoms with Gasteiger partial charge >= 0.3 is 5.97 Å². The van der Waals surface area contributed by atoms with Gasteiger partial charge in [-0.3, -0.25) is 4.79 Å². The second kappa shape index (κ2) is 6.22. The first kappa shape index (κ1) is 16.7. The minimum atomic E-state index is -3.62. The molecule has 1 saturated carbocycles. The predicted molar refractivity (Wildman–Crippen MR) is 80.0 cm³/mol. The van der Waals surface area contributed by atoms with Crippen LogP contribution in [0.1, 0.15) is 52.4 Å². The Balaban J connectivity index is 2.13. The van der Waals surface area contributed by atoms with Gasteiger partial charge in [-0.1, -0.05) is 26.7 Å². The molecular formula is C14H26N2O4S. The smallest absolute Gasteiger partial charge is 0.305 e. The molecule has 122 valence electrons. The first-order valence-corrected chi connectivity index (χ1v) is 9.17. The number of carbonyl (C=O) groups is 1. The number of nitrogens with one attached hydrogen (secondary N) is 1. The molecule has 0 aromatic heterocycles. The largest absolute Gasteiger partial charge is 0.481 e. The van der Waals surface area contributed by atoms with Crippen LogP contribution in [0.3, 0.4) is 0 Å². The molecule has 0 radical (unpaired) electrons. The highest BCUT2D eigenvalue weighted by Crippen LogP contribution is 2.34. The number of aliphatic carboxylic acids is 1. The van der Waals surface area contributed by atoms with E-state index in [0.717, 1.165) is 19.3 Å². The van der Waals surface area contributed by atoms with Gasteiger partial charge in [0.05, 0.1) is 6.42 Å². The minimum Gasteiger partial charge on any atom is -0.481 e. The summed E-state index contributed by atoms with van der Waals surface area (Å²) in [5.41, 5.74) is -0.797. The van der Waals surface area contributed by atoms with Crippen LogP contribution in [-0.4, -0.2) is 42.4 Å². The van der Waals surface area contributed by atoms with Gasteiger partial charge in [-0.05, 0) is 31.1 Å². The average molecular weight is 318 g/mol. The van der Waals surface area contributed by atoms with Crippen molar-refractivity contribution in [2.45, 2.75) is 57.9 Å². The molecule has 0 aromatic rings. The van der Waals surface area contributed by atoms with Gasteiger partial charge in [0.1, 0.15) is 0 Å². The zero-order chi connectivity index (χ0) is 15.7. The standard InChI is InChI=1S/C14H26N2O4S/c1-11-7-12(2)10-16(9-11)21(19,20)15-14(8-13(17)18)5-3-4-6-14/h11-12,15H,3-10H2,1-2H3,(H,17,18). The fourth-order valence-corrected chi connectivity index (χ4v) is 5.65. The van der Waals surface area contributed by atoms with Crippen molar-refractivity contribution < 1.29 is 18.3 Å². The molecule has 6 nitrogen and oxygen atoms in total. The second-order valence-electron chi connectivity index (χ2n) is 6.93. The number of carboxylic acid groups (broad SMARTS) is 1. The summed E-state index contributed by atoms with van der Waals surface area (Å²) in [5, 5.41) is 9.08. The lowest BCUT2D eigenvalue weighted by Gasteiger charge is -2.37. The molecule has 2 aliphatic rings. The second-order valence-corrected chi connectivity index (χ2v) is 8.60.